The van der Waals surface area contributed by atoms with Crippen molar-refractivity contribution in [2.24, 2.45) is 5.92 Å². The molecule has 4 fully saturated rings. The first-order valence-corrected chi connectivity index (χ1v) is 16.1. The molecule has 0 N–H and O–H groups in total. The van der Waals surface area contributed by atoms with Crippen molar-refractivity contribution in [1.82, 2.24) is 19.8 Å². The number of piperazine rings is 1. The Morgan fingerprint density at radius 2 is 2.02 bits per heavy atom. The molecule has 8 rings (SSSR count). The van der Waals surface area contributed by atoms with Gasteiger partial charge >= 0.3 is 6.01 Å². The lowest BCUT2D eigenvalue weighted by Crippen LogP contribution is -2.56. The summed E-state index contributed by atoms with van der Waals surface area (Å²) in [6.07, 6.45) is 3.36. The van der Waals surface area contributed by atoms with Gasteiger partial charge in [0.05, 0.1) is 5.54 Å². The van der Waals surface area contributed by atoms with Gasteiger partial charge in [0.25, 0.3) is 5.91 Å². The molecule has 2 aliphatic carbocycles. The van der Waals surface area contributed by atoms with Crippen LogP contribution in [-0.4, -0.2) is 89.3 Å². The topological polar surface area (TPSA) is 66.2 Å². The fourth-order valence-corrected chi connectivity index (χ4v) is 8.57. The Morgan fingerprint density at radius 1 is 1.15 bits per heavy atom. The third-order valence-electron chi connectivity index (χ3n) is 10.9. The summed E-state index contributed by atoms with van der Waals surface area (Å²) in [5.41, 5.74) is 3.54. The molecule has 3 saturated heterocycles. The molecule has 4 heterocycles. The molecule has 46 heavy (non-hydrogen) atoms. The molecular formula is C35H35F3N6O2. The number of alkyl halides is 1. The molecule has 0 bridgehead atoms. The van der Waals surface area contributed by atoms with Crippen LogP contribution in [0.2, 0.25) is 0 Å². The number of hydrogen-bond donors (Lipinski definition) is 0. The van der Waals surface area contributed by atoms with E-state index >= 15 is 4.39 Å². The van der Waals surface area contributed by atoms with Gasteiger partial charge in [-0.05, 0) is 66.8 Å². The summed E-state index contributed by atoms with van der Waals surface area (Å²) in [6, 6.07) is 9.11. The molecule has 0 unspecified atom stereocenters. The van der Waals surface area contributed by atoms with E-state index in [4.69, 9.17) is 16.3 Å². The average molecular weight is 629 g/mol. The number of halogens is 3. The zero-order chi connectivity index (χ0) is 31.7. The Hall–Kier alpha value is -4.17. The van der Waals surface area contributed by atoms with E-state index in [0.29, 0.717) is 41.6 Å². The van der Waals surface area contributed by atoms with Crippen LogP contribution >= 0.6 is 0 Å². The molecule has 3 aromatic rings. The summed E-state index contributed by atoms with van der Waals surface area (Å²) in [7, 11) is 0. The van der Waals surface area contributed by atoms with Crippen molar-refractivity contribution >= 4 is 22.6 Å². The van der Waals surface area contributed by atoms with Crippen LogP contribution in [0.15, 0.2) is 42.7 Å². The zero-order valence-electron chi connectivity index (χ0n) is 25.5. The second kappa shape index (κ2) is 11.0. The summed E-state index contributed by atoms with van der Waals surface area (Å²) >= 11 is 0. The van der Waals surface area contributed by atoms with Gasteiger partial charge in [0.1, 0.15) is 30.2 Å². The Kier molecular flexibility index (Phi) is 6.98. The van der Waals surface area contributed by atoms with Crippen molar-refractivity contribution in [3.63, 3.8) is 0 Å². The van der Waals surface area contributed by atoms with Crippen LogP contribution in [0.3, 0.4) is 0 Å². The lowest BCUT2D eigenvalue weighted by molar-refractivity contribution is -0.131. The maximum absolute atomic E-state index is 16.8. The number of anilines is 1. The van der Waals surface area contributed by atoms with E-state index < -0.39 is 35.3 Å². The number of fused-ring (bicyclic) bond motifs is 5. The standard InChI is InChI=1S/C35H35F3N6O2/c1-20(36)33(45)44-12-11-42(18-23(44)16-39-2)32-27-8-7-26(24-5-3-6-25-28-13-21(28)14-29(24)25)30(38)31(27)40-34(41-32)46-19-35-9-4-10-43(35)17-22(37)15-35/h3,5-8,21-23,28H,1,4,9-19H2/t21-,22-,23+,28-,35+/m1/s1. The molecular weight excluding hydrogens is 593 g/mol. The van der Waals surface area contributed by atoms with E-state index in [1.54, 1.807) is 6.07 Å². The highest BCUT2D eigenvalue weighted by molar-refractivity contribution is 5.94. The number of carbonyl (C=O) groups is 1. The molecule has 5 aliphatic rings. The van der Waals surface area contributed by atoms with Crippen molar-refractivity contribution in [2.45, 2.75) is 55.8 Å². The quantitative estimate of drug-likeness (QED) is 0.256. The molecule has 238 valence electrons. The second-order valence-electron chi connectivity index (χ2n) is 13.5. The number of benzene rings is 2. The highest BCUT2D eigenvalue weighted by Gasteiger charge is 2.50. The number of aromatic nitrogens is 2. The van der Waals surface area contributed by atoms with Crippen molar-refractivity contribution in [3.05, 3.63) is 71.1 Å². The Morgan fingerprint density at radius 3 is 2.85 bits per heavy atom. The van der Waals surface area contributed by atoms with Crippen LogP contribution in [0, 0.1) is 18.3 Å². The van der Waals surface area contributed by atoms with Crippen LogP contribution in [0.5, 0.6) is 6.01 Å². The fraction of sp³-hybridized carbons (Fsp3) is 0.486. The number of ether oxygens (including phenoxy) is 1. The normalized spacial score (nSPS) is 28.1. The average Bonchev–Trinajstić information content (AvgIpc) is 3.39. The third kappa shape index (κ3) is 4.72. The smallest absolute Gasteiger partial charge is 0.319 e. The number of carbonyl (C=O) groups excluding carboxylic acids is 1. The zero-order valence-corrected chi connectivity index (χ0v) is 25.5. The SMILES string of the molecule is [C-]#[N+]C[C@H]1CN(c2nc(OC[C@@]34CCCN3C[C@H](F)C4)nc3c(F)c(-c4cccc5c4C[C@H]4C[C@@H]54)ccc23)CCN1C(=O)C(=C)F. The number of nitrogens with zero attached hydrogens (tertiary/aromatic N) is 6. The van der Waals surface area contributed by atoms with Crippen molar-refractivity contribution < 1.29 is 22.7 Å². The van der Waals surface area contributed by atoms with E-state index in [9.17, 15) is 13.6 Å². The van der Waals surface area contributed by atoms with Gasteiger partial charge in [-0.2, -0.15) is 9.97 Å². The summed E-state index contributed by atoms with van der Waals surface area (Å²) in [5.74, 6) is -0.742. The molecule has 1 aromatic heterocycles. The number of hydrogen-bond acceptors (Lipinski definition) is 6. The minimum Gasteiger partial charge on any atom is -0.461 e. The lowest BCUT2D eigenvalue weighted by atomic mass is 9.93. The Bertz CT molecular complexity index is 1810. The Balaban J connectivity index is 1.19. The lowest BCUT2D eigenvalue weighted by Gasteiger charge is -2.39. The summed E-state index contributed by atoms with van der Waals surface area (Å²) in [5, 5.41) is 0.477. The molecule has 1 saturated carbocycles. The van der Waals surface area contributed by atoms with Gasteiger partial charge in [-0.25, -0.2) is 19.7 Å². The highest BCUT2D eigenvalue weighted by Crippen LogP contribution is 2.58. The second-order valence-corrected chi connectivity index (χ2v) is 13.5. The first kappa shape index (κ1) is 29.2. The number of rotatable bonds is 7. The van der Waals surface area contributed by atoms with Gasteiger partial charge < -0.3 is 19.4 Å². The van der Waals surface area contributed by atoms with E-state index in [1.807, 2.05) is 23.1 Å². The maximum Gasteiger partial charge on any atom is 0.319 e. The van der Waals surface area contributed by atoms with Crippen LogP contribution in [0.4, 0.5) is 19.0 Å². The van der Waals surface area contributed by atoms with Crippen LogP contribution in [0.1, 0.15) is 42.7 Å². The minimum absolute atomic E-state index is 0.000936. The van der Waals surface area contributed by atoms with Gasteiger partial charge in [-0.3, -0.25) is 9.69 Å². The monoisotopic (exact) mass is 628 g/mol. The molecule has 3 aliphatic heterocycles. The van der Waals surface area contributed by atoms with Gasteiger partial charge in [0, 0.05) is 43.5 Å². The van der Waals surface area contributed by atoms with Crippen molar-refractivity contribution in [3.8, 4) is 17.1 Å². The number of amides is 1. The molecule has 1 amide bonds. The van der Waals surface area contributed by atoms with Gasteiger partial charge in [-0.15, -0.1) is 0 Å². The van der Waals surface area contributed by atoms with Gasteiger partial charge in [0.15, 0.2) is 11.6 Å². The molecule has 0 radical (unpaired) electrons. The minimum atomic E-state index is -1.08. The Labute approximate surface area is 265 Å². The van der Waals surface area contributed by atoms with Crippen LogP contribution < -0.4 is 9.64 Å². The van der Waals surface area contributed by atoms with Crippen molar-refractivity contribution in [1.29, 1.82) is 0 Å². The predicted octanol–water partition coefficient (Wildman–Crippen LogP) is 5.47. The summed E-state index contributed by atoms with van der Waals surface area (Å²) in [4.78, 5) is 30.8. The molecule has 2 aromatic carbocycles. The summed E-state index contributed by atoms with van der Waals surface area (Å²) < 4.78 is 51.3. The highest BCUT2D eigenvalue weighted by atomic mass is 19.1. The predicted molar refractivity (Wildman–Crippen MR) is 167 cm³/mol. The van der Waals surface area contributed by atoms with E-state index in [2.05, 4.69) is 27.4 Å². The molecule has 8 nitrogen and oxygen atoms in total. The molecule has 11 heteroatoms. The van der Waals surface area contributed by atoms with Gasteiger partial charge in [-0.1, -0.05) is 30.8 Å². The first-order valence-electron chi connectivity index (χ1n) is 16.1. The summed E-state index contributed by atoms with van der Waals surface area (Å²) in [6.45, 7) is 12.5. The van der Waals surface area contributed by atoms with Crippen molar-refractivity contribution in [2.75, 3.05) is 50.8 Å². The van der Waals surface area contributed by atoms with E-state index in [0.717, 1.165) is 31.4 Å². The van der Waals surface area contributed by atoms with E-state index in [1.165, 1.54) is 22.4 Å². The molecule has 5 atom stereocenters. The van der Waals surface area contributed by atoms with E-state index in [-0.39, 0.29) is 44.3 Å². The first-order chi connectivity index (χ1) is 22.3. The third-order valence-corrected chi connectivity index (χ3v) is 10.9. The largest absolute Gasteiger partial charge is 0.461 e. The maximum atomic E-state index is 16.8. The van der Waals surface area contributed by atoms with Crippen LogP contribution in [-0.2, 0) is 11.2 Å². The van der Waals surface area contributed by atoms with Crippen LogP contribution in [0.25, 0.3) is 26.9 Å². The fourth-order valence-electron chi connectivity index (χ4n) is 8.57. The molecule has 0 spiro atoms. The van der Waals surface area contributed by atoms with Gasteiger partial charge in [0.2, 0.25) is 6.54 Å².